The van der Waals surface area contributed by atoms with Crippen molar-refractivity contribution >= 4 is 28.5 Å². The number of hydrogen-bond acceptors (Lipinski definition) is 4. The number of amides is 2. The first kappa shape index (κ1) is 13.4. The Bertz CT molecular complexity index is 397. The number of aliphatic carboxylic acids is 1. The van der Waals surface area contributed by atoms with Gasteiger partial charge in [-0.3, -0.25) is 5.32 Å². The average molecular weight is 257 g/mol. The number of thiazole rings is 1. The van der Waals surface area contributed by atoms with Crippen molar-refractivity contribution in [3.8, 4) is 0 Å². The Balaban J connectivity index is 2.62. The molecule has 0 aliphatic carbocycles. The predicted molar refractivity (Wildman–Crippen MR) is 65.1 cm³/mol. The molecule has 0 aliphatic heterocycles. The van der Waals surface area contributed by atoms with E-state index in [1.807, 2.05) is 0 Å². The molecule has 94 valence electrons. The topological polar surface area (TPSA) is 91.3 Å². The van der Waals surface area contributed by atoms with Crippen LogP contribution >= 0.6 is 11.3 Å². The van der Waals surface area contributed by atoms with E-state index in [1.165, 1.54) is 11.3 Å². The highest BCUT2D eigenvalue weighted by Gasteiger charge is 2.32. The van der Waals surface area contributed by atoms with Crippen molar-refractivity contribution < 1.29 is 14.7 Å². The smallest absolute Gasteiger partial charge is 0.326 e. The first-order valence-corrected chi connectivity index (χ1v) is 5.88. The number of carboxylic acid groups (broad SMARTS) is 1. The summed E-state index contributed by atoms with van der Waals surface area (Å²) < 4.78 is 0. The summed E-state index contributed by atoms with van der Waals surface area (Å²) in [4.78, 5) is 26.5. The Morgan fingerprint density at radius 3 is 2.53 bits per heavy atom. The van der Waals surface area contributed by atoms with Crippen LogP contribution in [0.5, 0.6) is 0 Å². The van der Waals surface area contributed by atoms with Crippen molar-refractivity contribution in [3.63, 3.8) is 0 Å². The number of hydrogen-bond donors (Lipinski definition) is 3. The molecule has 1 atom stereocenters. The number of nitrogens with zero attached hydrogens (tertiary/aromatic N) is 1. The molecule has 0 radical (unpaired) electrons. The normalized spacial score (nSPS) is 12.9. The van der Waals surface area contributed by atoms with Gasteiger partial charge in [-0.05, 0) is 5.41 Å². The second-order valence-electron chi connectivity index (χ2n) is 4.57. The molecule has 1 rings (SSSR count). The number of rotatable bonds is 3. The fourth-order valence-electron chi connectivity index (χ4n) is 1.20. The molecule has 6 nitrogen and oxygen atoms in total. The zero-order chi connectivity index (χ0) is 13.1. The number of carbonyl (C=O) groups is 2. The Hall–Kier alpha value is -1.63. The van der Waals surface area contributed by atoms with Gasteiger partial charge in [-0.25, -0.2) is 14.6 Å². The van der Waals surface area contributed by atoms with Crippen LogP contribution in [0.15, 0.2) is 11.6 Å². The van der Waals surface area contributed by atoms with Gasteiger partial charge in [0.05, 0.1) is 0 Å². The lowest BCUT2D eigenvalue weighted by Crippen LogP contribution is -2.50. The van der Waals surface area contributed by atoms with Gasteiger partial charge in [0.15, 0.2) is 5.13 Å². The van der Waals surface area contributed by atoms with Gasteiger partial charge in [0.25, 0.3) is 0 Å². The van der Waals surface area contributed by atoms with E-state index in [0.717, 1.165) is 0 Å². The summed E-state index contributed by atoms with van der Waals surface area (Å²) >= 11 is 1.26. The van der Waals surface area contributed by atoms with E-state index < -0.39 is 23.5 Å². The van der Waals surface area contributed by atoms with Crippen LogP contribution in [0.4, 0.5) is 9.93 Å². The Kier molecular flexibility index (Phi) is 4.06. The molecule has 0 aliphatic rings. The third-order valence-electron chi connectivity index (χ3n) is 2.04. The molecule has 0 aromatic carbocycles. The average Bonchev–Trinajstić information content (AvgIpc) is 2.64. The molecule has 2 amide bonds. The number of carbonyl (C=O) groups excluding carboxylic acids is 1. The van der Waals surface area contributed by atoms with E-state index in [4.69, 9.17) is 5.11 Å². The summed E-state index contributed by atoms with van der Waals surface area (Å²) in [5, 5.41) is 16.1. The van der Waals surface area contributed by atoms with Crippen molar-refractivity contribution in [1.29, 1.82) is 0 Å². The van der Waals surface area contributed by atoms with E-state index in [9.17, 15) is 9.59 Å². The summed E-state index contributed by atoms with van der Waals surface area (Å²) in [5.74, 6) is -1.06. The molecule has 17 heavy (non-hydrogen) atoms. The molecule has 0 saturated carbocycles. The largest absolute Gasteiger partial charge is 0.480 e. The van der Waals surface area contributed by atoms with Crippen molar-refractivity contribution in [1.82, 2.24) is 10.3 Å². The van der Waals surface area contributed by atoms with E-state index in [2.05, 4.69) is 15.6 Å². The van der Waals surface area contributed by atoms with Gasteiger partial charge in [0.2, 0.25) is 0 Å². The summed E-state index contributed by atoms with van der Waals surface area (Å²) in [6.07, 6.45) is 1.55. The molecule has 0 fully saturated rings. The van der Waals surface area contributed by atoms with Gasteiger partial charge in [0, 0.05) is 11.6 Å². The quantitative estimate of drug-likeness (QED) is 0.769. The minimum atomic E-state index is -1.06. The Morgan fingerprint density at radius 2 is 2.12 bits per heavy atom. The molecule has 3 N–H and O–H groups in total. The maximum Gasteiger partial charge on any atom is 0.326 e. The molecular weight excluding hydrogens is 242 g/mol. The van der Waals surface area contributed by atoms with Crippen LogP contribution in [0.25, 0.3) is 0 Å². The number of carboxylic acids is 1. The molecule has 0 unspecified atom stereocenters. The van der Waals surface area contributed by atoms with Crippen molar-refractivity contribution in [2.75, 3.05) is 5.32 Å². The molecule has 1 heterocycles. The van der Waals surface area contributed by atoms with E-state index in [0.29, 0.717) is 5.13 Å². The minimum absolute atomic E-state index is 0.431. The minimum Gasteiger partial charge on any atom is -0.480 e. The highest BCUT2D eigenvalue weighted by Crippen LogP contribution is 2.19. The number of anilines is 1. The van der Waals surface area contributed by atoms with Crippen molar-refractivity contribution in [2.45, 2.75) is 26.8 Å². The summed E-state index contributed by atoms with van der Waals surface area (Å²) in [6, 6.07) is -1.52. The highest BCUT2D eigenvalue weighted by molar-refractivity contribution is 7.13. The van der Waals surface area contributed by atoms with Crippen LogP contribution < -0.4 is 10.6 Å². The van der Waals surface area contributed by atoms with Crippen LogP contribution in [-0.4, -0.2) is 28.1 Å². The van der Waals surface area contributed by atoms with E-state index in [-0.39, 0.29) is 0 Å². The Labute approximate surface area is 103 Å². The number of urea groups is 1. The SMILES string of the molecule is CC(C)(C)[C@@H](NC(=O)Nc1nccs1)C(=O)O. The van der Waals surface area contributed by atoms with Crippen LogP contribution in [-0.2, 0) is 4.79 Å². The number of nitrogens with one attached hydrogen (secondary N) is 2. The first-order chi connectivity index (χ1) is 7.80. The molecule has 1 aromatic rings. The fourth-order valence-corrected chi connectivity index (χ4v) is 1.72. The lowest BCUT2D eigenvalue weighted by atomic mass is 9.87. The van der Waals surface area contributed by atoms with Crippen molar-refractivity contribution in [2.24, 2.45) is 5.41 Å². The molecule has 7 heteroatoms. The van der Waals surface area contributed by atoms with Crippen molar-refractivity contribution in [3.05, 3.63) is 11.6 Å². The Morgan fingerprint density at radius 1 is 1.47 bits per heavy atom. The standard InChI is InChI=1S/C10H15N3O3S/c1-10(2,3)6(7(14)15)12-8(16)13-9-11-4-5-17-9/h4-6H,1-3H3,(H,14,15)(H2,11,12,13,16)/t6-/m0/s1. The lowest BCUT2D eigenvalue weighted by molar-refractivity contribution is -0.141. The molecule has 0 saturated heterocycles. The van der Waals surface area contributed by atoms with Gasteiger partial charge < -0.3 is 10.4 Å². The van der Waals surface area contributed by atoms with Crippen LogP contribution in [0.1, 0.15) is 20.8 Å². The third-order valence-corrected chi connectivity index (χ3v) is 2.73. The second-order valence-corrected chi connectivity index (χ2v) is 5.47. The zero-order valence-corrected chi connectivity index (χ0v) is 10.7. The van der Waals surface area contributed by atoms with Crippen LogP contribution in [0.2, 0.25) is 0 Å². The fraction of sp³-hybridized carbons (Fsp3) is 0.500. The zero-order valence-electron chi connectivity index (χ0n) is 9.85. The number of aromatic nitrogens is 1. The molecular formula is C10H15N3O3S. The molecule has 0 spiro atoms. The van der Waals surface area contributed by atoms with Gasteiger partial charge in [-0.2, -0.15) is 0 Å². The van der Waals surface area contributed by atoms with Gasteiger partial charge >= 0.3 is 12.0 Å². The summed E-state index contributed by atoms with van der Waals surface area (Å²) in [6.45, 7) is 5.24. The summed E-state index contributed by atoms with van der Waals surface area (Å²) in [5.41, 5.74) is -0.563. The summed E-state index contributed by atoms with van der Waals surface area (Å²) in [7, 11) is 0. The van der Waals surface area contributed by atoms with Gasteiger partial charge in [0.1, 0.15) is 6.04 Å². The predicted octanol–water partition coefficient (Wildman–Crippen LogP) is 1.76. The van der Waals surface area contributed by atoms with Crippen LogP contribution in [0, 0.1) is 5.41 Å². The highest BCUT2D eigenvalue weighted by atomic mass is 32.1. The lowest BCUT2D eigenvalue weighted by Gasteiger charge is -2.27. The van der Waals surface area contributed by atoms with Crippen LogP contribution in [0.3, 0.4) is 0 Å². The van der Waals surface area contributed by atoms with E-state index in [1.54, 1.807) is 32.3 Å². The monoisotopic (exact) mass is 257 g/mol. The van der Waals surface area contributed by atoms with Gasteiger partial charge in [-0.15, -0.1) is 11.3 Å². The third kappa shape index (κ3) is 4.03. The van der Waals surface area contributed by atoms with Gasteiger partial charge in [-0.1, -0.05) is 20.8 Å². The molecule has 1 aromatic heterocycles. The van der Waals surface area contributed by atoms with E-state index >= 15 is 0 Å². The molecule has 0 bridgehead atoms. The maximum atomic E-state index is 11.6. The first-order valence-electron chi connectivity index (χ1n) is 5.00. The second kappa shape index (κ2) is 5.13. The maximum absolute atomic E-state index is 11.6.